The van der Waals surface area contributed by atoms with Gasteiger partial charge in [0.15, 0.2) is 0 Å². The maximum Gasteiger partial charge on any atom is 0.407 e. The van der Waals surface area contributed by atoms with Crippen LogP contribution < -0.4 is 10.6 Å². The molecule has 1 aliphatic carbocycles. The van der Waals surface area contributed by atoms with Crippen molar-refractivity contribution in [2.45, 2.75) is 53.0 Å². The van der Waals surface area contributed by atoms with Crippen molar-refractivity contribution < 1.29 is 24.2 Å². The summed E-state index contributed by atoms with van der Waals surface area (Å²) in [6, 6.07) is 15.2. The Bertz CT molecular complexity index is 1030. The fourth-order valence-electron chi connectivity index (χ4n) is 4.57. The number of fused-ring (bicyclic) bond motifs is 3. The van der Waals surface area contributed by atoms with Gasteiger partial charge in [-0.25, -0.2) is 9.59 Å². The van der Waals surface area contributed by atoms with Crippen molar-refractivity contribution in [1.82, 2.24) is 10.6 Å². The smallest absolute Gasteiger partial charge is 0.407 e. The van der Waals surface area contributed by atoms with Gasteiger partial charge in [-0.3, -0.25) is 4.79 Å². The van der Waals surface area contributed by atoms with Gasteiger partial charge in [0, 0.05) is 12.5 Å². The molecule has 3 N–H and O–H groups in total. The lowest BCUT2D eigenvalue weighted by Crippen LogP contribution is -2.49. The Hall–Kier alpha value is -3.35. The normalized spacial score (nSPS) is 14.6. The number of carbonyl (C=O) groups excluding carboxylic acids is 2. The maximum atomic E-state index is 12.9. The second-order valence-corrected chi connectivity index (χ2v) is 10.7. The molecule has 0 spiro atoms. The van der Waals surface area contributed by atoms with Crippen LogP contribution in [0.25, 0.3) is 11.1 Å². The van der Waals surface area contributed by atoms with E-state index in [4.69, 9.17) is 4.74 Å². The molecule has 35 heavy (non-hydrogen) atoms. The first-order valence-corrected chi connectivity index (χ1v) is 12.1. The molecule has 7 nitrogen and oxygen atoms in total. The van der Waals surface area contributed by atoms with E-state index in [0.29, 0.717) is 6.42 Å². The Morgan fingerprint density at radius 2 is 1.51 bits per heavy atom. The van der Waals surface area contributed by atoms with Gasteiger partial charge in [0.2, 0.25) is 5.91 Å². The summed E-state index contributed by atoms with van der Waals surface area (Å²) in [7, 11) is 0. The topological polar surface area (TPSA) is 105 Å². The van der Waals surface area contributed by atoms with E-state index in [1.165, 1.54) is 0 Å². The second kappa shape index (κ2) is 10.9. The molecule has 2 aromatic carbocycles. The quantitative estimate of drug-likeness (QED) is 0.478. The third-order valence-electron chi connectivity index (χ3n) is 6.38. The van der Waals surface area contributed by atoms with Gasteiger partial charge < -0.3 is 20.5 Å². The summed E-state index contributed by atoms with van der Waals surface area (Å²) >= 11 is 0. The molecule has 1 aliphatic rings. The van der Waals surface area contributed by atoms with Crippen molar-refractivity contribution in [2.24, 2.45) is 17.3 Å². The van der Waals surface area contributed by atoms with E-state index in [9.17, 15) is 19.5 Å². The van der Waals surface area contributed by atoms with Gasteiger partial charge >= 0.3 is 12.1 Å². The van der Waals surface area contributed by atoms with E-state index < -0.39 is 29.9 Å². The van der Waals surface area contributed by atoms with Crippen LogP contribution in [-0.4, -0.2) is 42.3 Å². The number of carboxylic acid groups (broad SMARTS) is 1. The number of ether oxygens (including phenoxy) is 1. The van der Waals surface area contributed by atoms with Crippen LogP contribution in [0.4, 0.5) is 4.79 Å². The fraction of sp³-hybridized carbons (Fsp3) is 0.464. The standard InChI is InChI=1S/C28H36N2O5/c1-17(2)22(25(31)30-24(26(32)33)14-28(3,4)5)15-29-27(34)35-16-23-20-12-8-6-10-18(20)19-11-7-9-13-21(19)23/h6-13,17,22-24H,14-16H2,1-5H3,(H,29,34)(H,30,31)(H,32,33). The summed E-state index contributed by atoms with van der Waals surface area (Å²) in [5.41, 5.74) is 4.29. The summed E-state index contributed by atoms with van der Waals surface area (Å²) in [5, 5.41) is 14.9. The molecular weight excluding hydrogens is 444 g/mol. The monoisotopic (exact) mass is 480 g/mol. The fourth-order valence-corrected chi connectivity index (χ4v) is 4.57. The number of benzene rings is 2. The molecule has 0 saturated heterocycles. The highest BCUT2D eigenvalue weighted by molar-refractivity contribution is 5.85. The van der Waals surface area contributed by atoms with Gasteiger partial charge in [-0.05, 0) is 40.0 Å². The Labute approximate surface area is 207 Å². The van der Waals surface area contributed by atoms with Gasteiger partial charge in [-0.1, -0.05) is 83.1 Å². The van der Waals surface area contributed by atoms with Crippen LogP contribution >= 0.6 is 0 Å². The highest BCUT2D eigenvalue weighted by atomic mass is 16.5. The number of amides is 2. The molecule has 0 aliphatic heterocycles. The number of nitrogens with one attached hydrogen (secondary N) is 2. The highest BCUT2D eigenvalue weighted by Crippen LogP contribution is 2.44. The first kappa shape index (κ1) is 26.3. The van der Waals surface area contributed by atoms with Gasteiger partial charge in [0.1, 0.15) is 12.6 Å². The highest BCUT2D eigenvalue weighted by Gasteiger charge is 2.31. The van der Waals surface area contributed by atoms with Crippen molar-refractivity contribution in [1.29, 1.82) is 0 Å². The lowest BCUT2D eigenvalue weighted by Gasteiger charge is -2.27. The molecule has 3 rings (SSSR count). The molecule has 0 aromatic heterocycles. The molecule has 2 aromatic rings. The summed E-state index contributed by atoms with van der Waals surface area (Å²) in [5.74, 6) is -2.20. The number of carbonyl (C=O) groups is 3. The molecule has 0 radical (unpaired) electrons. The zero-order valence-electron chi connectivity index (χ0n) is 21.1. The Balaban J connectivity index is 1.59. The molecule has 188 valence electrons. The molecule has 2 unspecified atom stereocenters. The predicted molar refractivity (Wildman–Crippen MR) is 135 cm³/mol. The molecule has 7 heteroatoms. The average Bonchev–Trinajstić information content (AvgIpc) is 3.10. The van der Waals surface area contributed by atoms with E-state index in [2.05, 4.69) is 34.9 Å². The van der Waals surface area contributed by atoms with Crippen LogP contribution in [0.15, 0.2) is 48.5 Å². The average molecular weight is 481 g/mol. The zero-order chi connectivity index (χ0) is 25.8. The summed E-state index contributed by atoms with van der Waals surface area (Å²) in [4.78, 5) is 37.1. The van der Waals surface area contributed by atoms with Gasteiger partial charge in [0.25, 0.3) is 0 Å². The van der Waals surface area contributed by atoms with Crippen LogP contribution in [0.1, 0.15) is 58.1 Å². The molecule has 0 saturated carbocycles. The Kier molecular flexibility index (Phi) is 8.20. The van der Waals surface area contributed by atoms with E-state index in [1.807, 2.05) is 58.9 Å². The van der Waals surface area contributed by atoms with Crippen LogP contribution in [0, 0.1) is 17.3 Å². The van der Waals surface area contributed by atoms with Gasteiger partial charge in [-0.15, -0.1) is 0 Å². The molecule has 0 heterocycles. The molecule has 2 atom stereocenters. The largest absolute Gasteiger partial charge is 0.480 e. The summed E-state index contributed by atoms with van der Waals surface area (Å²) < 4.78 is 5.56. The minimum Gasteiger partial charge on any atom is -0.480 e. The summed E-state index contributed by atoms with van der Waals surface area (Å²) in [6.45, 7) is 9.74. The third kappa shape index (κ3) is 6.62. The van der Waals surface area contributed by atoms with E-state index >= 15 is 0 Å². The number of alkyl carbamates (subject to hydrolysis) is 1. The number of hydrogen-bond acceptors (Lipinski definition) is 4. The first-order valence-electron chi connectivity index (χ1n) is 12.1. The zero-order valence-corrected chi connectivity index (χ0v) is 21.1. The number of carboxylic acids is 1. The van der Waals surface area contributed by atoms with Crippen LogP contribution in [-0.2, 0) is 14.3 Å². The van der Waals surface area contributed by atoms with Crippen LogP contribution in [0.3, 0.4) is 0 Å². The maximum absolute atomic E-state index is 12.9. The molecular formula is C28H36N2O5. The van der Waals surface area contributed by atoms with Gasteiger partial charge in [0.05, 0.1) is 5.92 Å². The van der Waals surface area contributed by atoms with Crippen molar-refractivity contribution in [3.05, 3.63) is 59.7 Å². The summed E-state index contributed by atoms with van der Waals surface area (Å²) in [6.07, 6.45) is -0.298. The van der Waals surface area contributed by atoms with E-state index in [0.717, 1.165) is 22.3 Å². The van der Waals surface area contributed by atoms with E-state index in [-0.39, 0.29) is 30.4 Å². The molecule has 0 fully saturated rings. The lowest BCUT2D eigenvalue weighted by atomic mass is 9.87. The van der Waals surface area contributed by atoms with Crippen molar-refractivity contribution in [3.63, 3.8) is 0 Å². The van der Waals surface area contributed by atoms with Crippen LogP contribution in [0.5, 0.6) is 0 Å². The lowest BCUT2D eigenvalue weighted by molar-refractivity contribution is -0.143. The SMILES string of the molecule is CC(C)C(CNC(=O)OCC1c2ccccc2-c2ccccc21)C(=O)NC(CC(C)(C)C)C(=O)O. The predicted octanol–water partition coefficient (Wildman–Crippen LogP) is 4.80. The van der Waals surface area contributed by atoms with Crippen molar-refractivity contribution >= 4 is 18.0 Å². The Morgan fingerprint density at radius 1 is 0.971 bits per heavy atom. The minimum atomic E-state index is -1.07. The van der Waals surface area contributed by atoms with Crippen molar-refractivity contribution in [3.8, 4) is 11.1 Å². The second-order valence-electron chi connectivity index (χ2n) is 10.7. The Morgan fingerprint density at radius 3 is 2.00 bits per heavy atom. The van der Waals surface area contributed by atoms with Crippen LogP contribution in [0.2, 0.25) is 0 Å². The molecule has 2 amide bonds. The number of aliphatic carboxylic acids is 1. The van der Waals surface area contributed by atoms with E-state index in [1.54, 1.807) is 0 Å². The third-order valence-corrected chi connectivity index (χ3v) is 6.38. The van der Waals surface area contributed by atoms with Gasteiger partial charge in [-0.2, -0.15) is 0 Å². The molecule has 0 bridgehead atoms. The van der Waals surface area contributed by atoms with Crippen molar-refractivity contribution in [2.75, 3.05) is 13.2 Å². The number of rotatable bonds is 9. The first-order chi connectivity index (χ1) is 16.5. The number of hydrogen-bond donors (Lipinski definition) is 3. The minimum absolute atomic E-state index is 0.0499.